The van der Waals surface area contributed by atoms with Crippen molar-refractivity contribution in [2.75, 3.05) is 28.8 Å². The molecule has 1 aliphatic rings. The Labute approximate surface area is 181 Å². The Morgan fingerprint density at radius 2 is 2.10 bits per heavy atom. The molecule has 1 aromatic carbocycles. The summed E-state index contributed by atoms with van der Waals surface area (Å²) in [5.41, 5.74) is 6.01. The van der Waals surface area contributed by atoms with E-state index < -0.39 is 12.0 Å². The Kier molecular flexibility index (Phi) is 5.90. The molecule has 3 aromatic rings. The molecule has 0 radical (unpaired) electrons. The van der Waals surface area contributed by atoms with Crippen LogP contribution in [0.3, 0.4) is 0 Å². The lowest BCUT2D eigenvalue weighted by atomic mass is 10.00. The average molecular weight is 425 g/mol. The van der Waals surface area contributed by atoms with E-state index in [1.165, 1.54) is 16.7 Å². The summed E-state index contributed by atoms with van der Waals surface area (Å²) in [6.45, 7) is 5.84. The predicted molar refractivity (Wildman–Crippen MR) is 125 cm³/mol. The molecule has 6 nitrogen and oxygen atoms in total. The van der Waals surface area contributed by atoms with E-state index in [9.17, 15) is 9.90 Å². The quantitative estimate of drug-likeness (QED) is 0.523. The van der Waals surface area contributed by atoms with Gasteiger partial charge in [-0.25, -0.2) is 9.78 Å². The topological polar surface area (TPSA) is 81.2 Å². The number of nitrogens with zero attached hydrogens (tertiary/aromatic N) is 2. The van der Waals surface area contributed by atoms with Crippen LogP contribution in [0, 0.1) is 13.8 Å². The highest BCUT2D eigenvalue weighted by atomic mass is 32.2. The maximum Gasteiger partial charge on any atom is 0.326 e. The van der Waals surface area contributed by atoms with Gasteiger partial charge in [0.05, 0.1) is 5.52 Å². The van der Waals surface area contributed by atoms with Gasteiger partial charge in [-0.15, -0.1) is 0 Å². The Bertz CT molecular complexity index is 1080. The normalized spacial score (nSPS) is 14.6. The molecule has 4 rings (SSSR count). The first-order valence-corrected chi connectivity index (χ1v) is 11.7. The third kappa shape index (κ3) is 3.99. The molecule has 1 atom stereocenters. The molecule has 158 valence electrons. The van der Waals surface area contributed by atoms with Crippen molar-refractivity contribution in [3.8, 4) is 0 Å². The standard InChI is InChI=1S/C23H28N4O2S/c1-14-15(2)24-21-18(14)12-20(25-19(23(28)29)9-11-30-3)26-22(21)27-10-8-16-6-4-5-7-17(16)13-27/h4-7,12,19,24H,8-11,13H2,1-3H3,(H,25,26)(H,28,29)/t19-/m0/s1. The molecule has 30 heavy (non-hydrogen) atoms. The van der Waals surface area contributed by atoms with Gasteiger partial charge in [-0.05, 0) is 61.5 Å². The molecular formula is C23H28N4O2S. The van der Waals surface area contributed by atoms with Gasteiger partial charge < -0.3 is 20.3 Å². The number of anilines is 2. The van der Waals surface area contributed by atoms with Gasteiger partial charge in [0, 0.05) is 24.2 Å². The average Bonchev–Trinajstić information content (AvgIpc) is 3.04. The van der Waals surface area contributed by atoms with E-state index in [2.05, 4.69) is 53.3 Å². The van der Waals surface area contributed by atoms with E-state index in [-0.39, 0.29) is 0 Å². The zero-order chi connectivity index (χ0) is 21.3. The van der Waals surface area contributed by atoms with Gasteiger partial charge in [0.1, 0.15) is 11.9 Å². The molecule has 0 bridgehead atoms. The maximum absolute atomic E-state index is 11.8. The largest absolute Gasteiger partial charge is 0.480 e. The SMILES string of the molecule is CSCC[C@H](Nc1cc2c(C)c(C)[nH]c2c(N2CCc3ccccc3C2)n1)C(=O)O. The van der Waals surface area contributed by atoms with Crippen LogP contribution in [-0.2, 0) is 17.8 Å². The first-order chi connectivity index (χ1) is 14.5. The Balaban J connectivity index is 1.73. The summed E-state index contributed by atoms with van der Waals surface area (Å²) in [5.74, 6) is 1.44. The van der Waals surface area contributed by atoms with Crippen molar-refractivity contribution in [3.63, 3.8) is 0 Å². The van der Waals surface area contributed by atoms with Gasteiger partial charge >= 0.3 is 5.97 Å². The van der Waals surface area contributed by atoms with Crippen LogP contribution < -0.4 is 10.2 Å². The maximum atomic E-state index is 11.8. The lowest BCUT2D eigenvalue weighted by Gasteiger charge is -2.30. The molecule has 2 aromatic heterocycles. The molecule has 0 fully saturated rings. The van der Waals surface area contributed by atoms with Crippen LogP contribution in [0.1, 0.15) is 28.8 Å². The van der Waals surface area contributed by atoms with Gasteiger partial charge in [-0.2, -0.15) is 11.8 Å². The Hall–Kier alpha value is -2.67. The molecule has 0 saturated carbocycles. The first-order valence-electron chi connectivity index (χ1n) is 10.3. The van der Waals surface area contributed by atoms with Crippen molar-refractivity contribution in [2.24, 2.45) is 0 Å². The molecule has 7 heteroatoms. The van der Waals surface area contributed by atoms with Crippen LogP contribution >= 0.6 is 11.8 Å². The van der Waals surface area contributed by atoms with E-state index >= 15 is 0 Å². The van der Waals surface area contributed by atoms with Crippen LogP contribution in [0.25, 0.3) is 10.9 Å². The number of fused-ring (bicyclic) bond motifs is 2. The van der Waals surface area contributed by atoms with E-state index in [4.69, 9.17) is 4.98 Å². The van der Waals surface area contributed by atoms with E-state index in [0.29, 0.717) is 12.2 Å². The molecule has 0 spiro atoms. The number of hydrogen-bond acceptors (Lipinski definition) is 5. The highest BCUT2D eigenvalue weighted by Gasteiger charge is 2.23. The number of aliphatic carboxylic acids is 1. The molecule has 0 aliphatic carbocycles. The summed E-state index contributed by atoms with van der Waals surface area (Å²) in [4.78, 5) is 22.4. The van der Waals surface area contributed by atoms with Gasteiger partial charge in [0.2, 0.25) is 0 Å². The fourth-order valence-corrected chi connectivity index (χ4v) is 4.56. The summed E-state index contributed by atoms with van der Waals surface area (Å²) in [7, 11) is 0. The fourth-order valence-electron chi connectivity index (χ4n) is 4.08. The number of rotatable bonds is 7. The molecule has 0 amide bonds. The molecule has 3 N–H and O–H groups in total. The second kappa shape index (κ2) is 8.60. The monoisotopic (exact) mass is 424 g/mol. The zero-order valence-electron chi connectivity index (χ0n) is 17.7. The van der Waals surface area contributed by atoms with Crippen molar-refractivity contribution >= 4 is 40.3 Å². The lowest BCUT2D eigenvalue weighted by Crippen LogP contribution is -2.32. The van der Waals surface area contributed by atoms with E-state index in [1.807, 2.05) is 12.3 Å². The minimum Gasteiger partial charge on any atom is -0.480 e. The van der Waals surface area contributed by atoms with Crippen molar-refractivity contribution in [3.05, 3.63) is 52.7 Å². The summed E-state index contributed by atoms with van der Waals surface area (Å²) in [6, 6.07) is 9.86. The highest BCUT2D eigenvalue weighted by molar-refractivity contribution is 7.98. The van der Waals surface area contributed by atoms with Gasteiger partial charge in [-0.3, -0.25) is 0 Å². The van der Waals surface area contributed by atoms with Crippen LogP contribution in [0.4, 0.5) is 11.6 Å². The number of carboxylic acid groups (broad SMARTS) is 1. The fraction of sp³-hybridized carbons (Fsp3) is 0.391. The first kappa shape index (κ1) is 20.6. The number of nitrogens with one attached hydrogen (secondary N) is 2. The van der Waals surface area contributed by atoms with Gasteiger partial charge in [0.15, 0.2) is 5.82 Å². The van der Waals surface area contributed by atoms with Crippen LogP contribution in [-0.4, -0.2) is 45.6 Å². The van der Waals surface area contributed by atoms with Gasteiger partial charge in [0.25, 0.3) is 0 Å². The van der Waals surface area contributed by atoms with Crippen molar-refractivity contribution in [2.45, 2.75) is 39.3 Å². The number of aromatic amines is 1. The van der Waals surface area contributed by atoms with Gasteiger partial charge in [-0.1, -0.05) is 24.3 Å². The highest BCUT2D eigenvalue weighted by Crippen LogP contribution is 2.33. The zero-order valence-corrected chi connectivity index (χ0v) is 18.5. The second-order valence-corrected chi connectivity index (χ2v) is 8.87. The third-order valence-electron chi connectivity index (χ3n) is 5.94. The lowest BCUT2D eigenvalue weighted by molar-refractivity contribution is -0.137. The molecule has 3 heterocycles. The number of carbonyl (C=O) groups is 1. The van der Waals surface area contributed by atoms with E-state index in [1.54, 1.807) is 11.8 Å². The Morgan fingerprint density at radius 1 is 1.33 bits per heavy atom. The number of pyridine rings is 1. The summed E-state index contributed by atoms with van der Waals surface area (Å²) in [5, 5.41) is 13.9. The predicted octanol–water partition coefficient (Wildman–Crippen LogP) is 4.36. The minimum absolute atomic E-state index is 0.549. The number of H-pyrrole nitrogens is 1. The summed E-state index contributed by atoms with van der Waals surface area (Å²) < 4.78 is 0. The van der Waals surface area contributed by atoms with Crippen molar-refractivity contribution in [1.82, 2.24) is 9.97 Å². The van der Waals surface area contributed by atoms with Crippen LogP contribution in [0.15, 0.2) is 30.3 Å². The van der Waals surface area contributed by atoms with E-state index in [0.717, 1.165) is 47.7 Å². The van der Waals surface area contributed by atoms with Crippen LogP contribution in [0.5, 0.6) is 0 Å². The molecule has 1 aliphatic heterocycles. The minimum atomic E-state index is -0.846. The number of aryl methyl sites for hydroxylation is 2. The van der Waals surface area contributed by atoms with Crippen molar-refractivity contribution in [1.29, 1.82) is 0 Å². The Morgan fingerprint density at radius 3 is 2.83 bits per heavy atom. The molecule has 0 unspecified atom stereocenters. The van der Waals surface area contributed by atoms with Crippen LogP contribution in [0.2, 0.25) is 0 Å². The second-order valence-electron chi connectivity index (χ2n) is 7.89. The number of aromatic nitrogens is 2. The molecule has 0 saturated heterocycles. The summed E-state index contributed by atoms with van der Waals surface area (Å²) in [6.07, 6.45) is 3.51. The number of carboxylic acids is 1. The molecular weight excluding hydrogens is 396 g/mol. The number of hydrogen-bond donors (Lipinski definition) is 3. The number of thioether (sulfide) groups is 1. The summed E-state index contributed by atoms with van der Waals surface area (Å²) >= 11 is 1.65. The third-order valence-corrected chi connectivity index (χ3v) is 6.58. The number of benzene rings is 1. The smallest absolute Gasteiger partial charge is 0.326 e. The van der Waals surface area contributed by atoms with Crippen molar-refractivity contribution < 1.29 is 9.90 Å².